The Labute approximate surface area is 127 Å². The van der Waals surface area contributed by atoms with Crippen molar-refractivity contribution in [2.24, 2.45) is 0 Å². The summed E-state index contributed by atoms with van der Waals surface area (Å²) >= 11 is 0. The molecule has 0 aliphatic carbocycles. The number of ether oxygens (including phenoxy) is 2. The smallest absolute Gasteiger partial charge is 0.224 e. The molecule has 0 spiro atoms. The molecule has 0 saturated carbocycles. The minimum Gasteiger partial charge on any atom is -0.496 e. The number of benzene rings is 1. The van der Waals surface area contributed by atoms with E-state index in [0.717, 1.165) is 11.3 Å². The maximum absolute atomic E-state index is 12.4. The van der Waals surface area contributed by atoms with Crippen LogP contribution in [0.1, 0.15) is 25.3 Å². The molecule has 1 aromatic carbocycles. The topological polar surface area (TPSA) is 38.8 Å². The second kappa shape index (κ2) is 9.04. The van der Waals surface area contributed by atoms with Gasteiger partial charge in [0.25, 0.3) is 0 Å². The molecule has 0 saturated heterocycles. The van der Waals surface area contributed by atoms with Crippen molar-refractivity contribution in [3.8, 4) is 18.1 Å². The molecule has 0 aromatic heterocycles. The Morgan fingerprint density at radius 2 is 2.10 bits per heavy atom. The van der Waals surface area contributed by atoms with Gasteiger partial charge in [-0.2, -0.15) is 0 Å². The van der Waals surface area contributed by atoms with E-state index in [-0.39, 0.29) is 11.9 Å². The lowest BCUT2D eigenvalue weighted by atomic mass is 10.1. The summed E-state index contributed by atoms with van der Waals surface area (Å²) in [4.78, 5) is 14.1. The highest BCUT2D eigenvalue weighted by atomic mass is 16.5. The number of rotatable bonds is 8. The molecule has 4 nitrogen and oxygen atoms in total. The number of hydrogen-bond acceptors (Lipinski definition) is 3. The molecular weight excluding hydrogens is 266 g/mol. The molecule has 21 heavy (non-hydrogen) atoms. The predicted molar refractivity (Wildman–Crippen MR) is 82.9 cm³/mol. The van der Waals surface area contributed by atoms with E-state index in [1.807, 2.05) is 31.2 Å². The first-order valence-corrected chi connectivity index (χ1v) is 6.97. The van der Waals surface area contributed by atoms with Crippen LogP contribution in [0.25, 0.3) is 0 Å². The lowest BCUT2D eigenvalue weighted by Crippen LogP contribution is -2.40. The van der Waals surface area contributed by atoms with Gasteiger partial charge in [-0.15, -0.1) is 12.3 Å². The number of carbonyl (C=O) groups excluding carboxylic acids is 1. The van der Waals surface area contributed by atoms with E-state index < -0.39 is 0 Å². The van der Waals surface area contributed by atoms with Crippen molar-refractivity contribution in [2.45, 2.75) is 32.4 Å². The lowest BCUT2D eigenvalue weighted by molar-refractivity contribution is -0.134. The molecule has 0 N–H and O–H groups in total. The van der Waals surface area contributed by atoms with E-state index in [0.29, 0.717) is 26.0 Å². The van der Waals surface area contributed by atoms with Gasteiger partial charge in [0.2, 0.25) is 5.91 Å². The Kier molecular flexibility index (Phi) is 7.34. The number of terminal acetylenes is 1. The van der Waals surface area contributed by atoms with Crippen molar-refractivity contribution in [1.82, 2.24) is 4.90 Å². The molecule has 1 amide bonds. The minimum atomic E-state index is -0.0230. The minimum absolute atomic E-state index is 0.0230. The summed E-state index contributed by atoms with van der Waals surface area (Å²) in [5.74, 6) is 3.31. The van der Waals surface area contributed by atoms with Gasteiger partial charge in [-0.05, 0) is 13.0 Å². The van der Waals surface area contributed by atoms with Gasteiger partial charge in [-0.1, -0.05) is 18.2 Å². The highest BCUT2D eigenvalue weighted by molar-refractivity contribution is 5.76. The quantitative estimate of drug-likeness (QED) is 0.690. The third-order valence-electron chi connectivity index (χ3n) is 3.28. The van der Waals surface area contributed by atoms with Crippen LogP contribution < -0.4 is 4.74 Å². The number of para-hydroxylation sites is 1. The van der Waals surface area contributed by atoms with Crippen molar-refractivity contribution < 1.29 is 14.3 Å². The third kappa shape index (κ3) is 5.13. The molecule has 0 bridgehead atoms. The van der Waals surface area contributed by atoms with E-state index in [1.165, 1.54) is 0 Å². The molecule has 0 radical (unpaired) electrons. The molecule has 0 aliphatic rings. The van der Waals surface area contributed by atoms with Gasteiger partial charge in [0.05, 0.1) is 19.8 Å². The number of carbonyl (C=O) groups is 1. The van der Waals surface area contributed by atoms with Gasteiger partial charge in [0.1, 0.15) is 5.75 Å². The summed E-state index contributed by atoms with van der Waals surface area (Å²) in [6.07, 6.45) is 6.04. The maximum atomic E-state index is 12.4. The number of hydrogen-bond donors (Lipinski definition) is 0. The van der Waals surface area contributed by atoms with Crippen LogP contribution in [0.4, 0.5) is 0 Å². The average molecular weight is 289 g/mol. The van der Waals surface area contributed by atoms with Crippen LogP contribution >= 0.6 is 0 Å². The second-order valence-electron chi connectivity index (χ2n) is 4.84. The molecule has 1 rings (SSSR count). The van der Waals surface area contributed by atoms with Crippen molar-refractivity contribution in [2.75, 3.05) is 20.8 Å². The van der Waals surface area contributed by atoms with E-state index >= 15 is 0 Å². The number of amides is 1. The molecule has 0 heterocycles. The standard InChI is InChI=1S/C17H23NO3/c1-5-6-11-17(19)18(14(2)13-20-3)12-15-9-7-8-10-16(15)21-4/h1,7-10,14H,6,11-13H2,2-4H3/t14-/m1/s1. The van der Waals surface area contributed by atoms with Gasteiger partial charge in [-0.3, -0.25) is 4.79 Å². The number of nitrogens with zero attached hydrogens (tertiary/aromatic N) is 1. The van der Waals surface area contributed by atoms with Crippen molar-refractivity contribution in [3.63, 3.8) is 0 Å². The van der Waals surface area contributed by atoms with Crippen LogP contribution in [0.15, 0.2) is 24.3 Å². The average Bonchev–Trinajstić information content (AvgIpc) is 2.50. The van der Waals surface area contributed by atoms with Crippen LogP contribution in [0.2, 0.25) is 0 Å². The molecule has 0 aliphatic heterocycles. The van der Waals surface area contributed by atoms with E-state index in [4.69, 9.17) is 15.9 Å². The van der Waals surface area contributed by atoms with Crippen LogP contribution in [0, 0.1) is 12.3 Å². The van der Waals surface area contributed by atoms with Crippen molar-refractivity contribution >= 4 is 5.91 Å². The van der Waals surface area contributed by atoms with Gasteiger partial charge in [-0.25, -0.2) is 0 Å². The van der Waals surface area contributed by atoms with E-state index in [1.54, 1.807) is 19.1 Å². The van der Waals surface area contributed by atoms with Gasteiger partial charge in [0, 0.05) is 32.1 Å². The van der Waals surface area contributed by atoms with Crippen LogP contribution in [-0.4, -0.2) is 37.7 Å². The first-order valence-electron chi connectivity index (χ1n) is 6.97. The third-order valence-corrected chi connectivity index (χ3v) is 3.28. The summed E-state index contributed by atoms with van der Waals surface area (Å²) in [6.45, 7) is 2.93. The van der Waals surface area contributed by atoms with Crippen LogP contribution in [0.3, 0.4) is 0 Å². The Balaban J connectivity index is 2.90. The molecular formula is C17H23NO3. The van der Waals surface area contributed by atoms with Crippen molar-refractivity contribution in [1.29, 1.82) is 0 Å². The largest absolute Gasteiger partial charge is 0.496 e. The van der Waals surface area contributed by atoms with Gasteiger partial charge in [0.15, 0.2) is 0 Å². The zero-order valence-corrected chi connectivity index (χ0v) is 13.0. The number of methoxy groups -OCH3 is 2. The summed E-state index contributed by atoms with van der Waals surface area (Å²) in [5, 5.41) is 0. The Morgan fingerprint density at radius 1 is 1.38 bits per heavy atom. The van der Waals surface area contributed by atoms with E-state index in [9.17, 15) is 4.79 Å². The van der Waals surface area contributed by atoms with Crippen LogP contribution in [-0.2, 0) is 16.1 Å². The summed E-state index contributed by atoms with van der Waals surface area (Å²) in [5.41, 5.74) is 0.969. The SMILES string of the molecule is C#CCCC(=O)N(Cc1ccccc1OC)[C@H](C)COC. The molecule has 1 atom stereocenters. The summed E-state index contributed by atoms with van der Waals surface area (Å²) < 4.78 is 10.5. The summed E-state index contributed by atoms with van der Waals surface area (Å²) in [7, 11) is 3.26. The fraction of sp³-hybridized carbons (Fsp3) is 0.471. The Hall–Kier alpha value is -1.99. The van der Waals surface area contributed by atoms with Crippen LogP contribution in [0.5, 0.6) is 5.75 Å². The normalized spacial score (nSPS) is 11.5. The first-order chi connectivity index (χ1) is 10.1. The van der Waals surface area contributed by atoms with Gasteiger partial charge < -0.3 is 14.4 Å². The lowest BCUT2D eigenvalue weighted by Gasteiger charge is -2.29. The first kappa shape index (κ1) is 17.1. The zero-order valence-electron chi connectivity index (χ0n) is 13.0. The summed E-state index contributed by atoms with van der Waals surface area (Å²) in [6, 6.07) is 7.67. The van der Waals surface area contributed by atoms with Crippen molar-refractivity contribution in [3.05, 3.63) is 29.8 Å². The molecule has 1 aromatic rings. The van der Waals surface area contributed by atoms with Gasteiger partial charge >= 0.3 is 0 Å². The molecule has 0 fully saturated rings. The fourth-order valence-corrected chi connectivity index (χ4v) is 2.16. The second-order valence-corrected chi connectivity index (χ2v) is 4.84. The highest BCUT2D eigenvalue weighted by Gasteiger charge is 2.21. The predicted octanol–water partition coefficient (Wildman–Crippen LogP) is 2.47. The molecule has 4 heteroatoms. The monoisotopic (exact) mass is 289 g/mol. The fourth-order valence-electron chi connectivity index (χ4n) is 2.16. The maximum Gasteiger partial charge on any atom is 0.224 e. The Morgan fingerprint density at radius 3 is 2.71 bits per heavy atom. The van der Waals surface area contributed by atoms with E-state index in [2.05, 4.69) is 5.92 Å². The molecule has 0 unspecified atom stereocenters. The Bertz CT molecular complexity index is 493. The highest BCUT2D eigenvalue weighted by Crippen LogP contribution is 2.21. The molecule has 114 valence electrons. The zero-order chi connectivity index (χ0) is 15.7.